The van der Waals surface area contributed by atoms with Crippen molar-refractivity contribution in [2.24, 2.45) is 0 Å². The first-order valence-electron chi connectivity index (χ1n) is 2.29. The molecule has 1 rings (SSSR count). The number of rotatable bonds is 0. The molecule has 0 aromatic carbocycles. The molecule has 0 aromatic rings. The lowest BCUT2D eigenvalue weighted by Gasteiger charge is -1.99. The maximum Gasteiger partial charge on any atom is 0.159 e. The fraction of sp³-hybridized carbons (Fsp3) is 1.00. The molecule has 0 unspecified atom stereocenters. The molecule has 1 aliphatic heterocycles. The Morgan fingerprint density at radius 2 is 1.57 bits per heavy atom. The van der Waals surface area contributed by atoms with Crippen molar-refractivity contribution in [3.63, 3.8) is 0 Å². The summed E-state index contributed by atoms with van der Waals surface area (Å²) in [7, 11) is 0. The van der Waals surface area contributed by atoms with Gasteiger partial charge in [-0.25, -0.2) is 0 Å². The molecule has 0 radical (unpaired) electrons. The molecule has 0 spiro atoms. The molecule has 2 atom stereocenters. The number of hydrogen-bond donors (Lipinski definition) is 0. The first-order valence-corrected chi connectivity index (χ1v) is 2.96. The van der Waals surface area contributed by atoms with Crippen LogP contribution in [0.3, 0.4) is 0 Å². The Hall–Kier alpha value is 0.270. The quantitative estimate of drug-likeness (QED) is 0.450. The third-order valence-electron chi connectivity index (χ3n) is 1.04. The summed E-state index contributed by atoms with van der Waals surface area (Å²) in [4.78, 5) is 0. The molecule has 1 saturated heterocycles. The fourth-order valence-electron chi connectivity index (χ4n) is 0.303. The van der Waals surface area contributed by atoms with Gasteiger partial charge in [-0.3, -0.25) is 8.37 Å². The summed E-state index contributed by atoms with van der Waals surface area (Å²) >= 11 is 1.09. The van der Waals surface area contributed by atoms with Crippen LogP contribution in [0.4, 0.5) is 0 Å². The van der Waals surface area contributed by atoms with E-state index in [0.29, 0.717) is 0 Å². The molecule has 3 heteroatoms. The van der Waals surface area contributed by atoms with E-state index in [1.807, 2.05) is 13.8 Å². The van der Waals surface area contributed by atoms with Gasteiger partial charge in [0.15, 0.2) is 12.3 Å². The summed E-state index contributed by atoms with van der Waals surface area (Å²) in [5.41, 5.74) is 0. The van der Waals surface area contributed by atoms with Crippen molar-refractivity contribution in [3.8, 4) is 0 Å². The molecule has 2 nitrogen and oxygen atoms in total. The van der Waals surface area contributed by atoms with E-state index in [1.165, 1.54) is 0 Å². The second-order valence-electron chi connectivity index (χ2n) is 1.67. The monoisotopic (exact) mass is 120 g/mol. The Labute approximate surface area is 47.6 Å². The molecule has 1 aliphatic rings. The molecule has 42 valence electrons. The van der Waals surface area contributed by atoms with E-state index in [4.69, 9.17) is 8.37 Å². The minimum absolute atomic E-state index is 0.255. The summed E-state index contributed by atoms with van der Waals surface area (Å²) < 4.78 is 9.92. The highest BCUT2D eigenvalue weighted by molar-refractivity contribution is 7.90. The van der Waals surface area contributed by atoms with Crippen molar-refractivity contribution in [2.75, 3.05) is 0 Å². The van der Waals surface area contributed by atoms with Gasteiger partial charge >= 0.3 is 0 Å². The second-order valence-corrected chi connectivity index (χ2v) is 2.19. The molecule has 7 heavy (non-hydrogen) atoms. The Balaban J connectivity index is 2.33. The highest BCUT2D eigenvalue weighted by atomic mass is 32.2. The predicted molar refractivity (Wildman–Crippen MR) is 28.7 cm³/mol. The average Bonchev–Trinajstić information content (AvgIpc) is 1.91. The third kappa shape index (κ3) is 1.08. The van der Waals surface area contributed by atoms with Crippen molar-refractivity contribution < 1.29 is 8.37 Å². The molecular formula is C4H8O2S. The predicted octanol–water partition coefficient (Wildman–Crippen LogP) is 1.37. The van der Waals surface area contributed by atoms with Crippen molar-refractivity contribution in [2.45, 2.75) is 26.1 Å². The fourth-order valence-corrected chi connectivity index (χ4v) is 0.909. The van der Waals surface area contributed by atoms with E-state index >= 15 is 0 Å². The summed E-state index contributed by atoms with van der Waals surface area (Å²) in [6, 6.07) is 0. The van der Waals surface area contributed by atoms with Gasteiger partial charge in [0.1, 0.15) is 0 Å². The Bertz CT molecular complexity index is 58.7. The van der Waals surface area contributed by atoms with Gasteiger partial charge in [-0.15, -0.1) is 0 Å². The topological polar surface area (TPSA) is 18.5 Å². The van der Waals surface area contributed by atoms with Gasteiger partial charge < -0.3 is 0 Å². The second kappa shape index (κ2) is 2.03. The van der Waals surface area contributed by atoms with Gasteiger partial charge in [0.05, 0.1) is 12.2 Å². The molecule has 0 amide bonds. The van der Waals surface area contributed by atoms with Crippen LogP contribution in [0.1, 0.15) is 13.8 Å². The highest BCUT2D eigenvalue weighted by Gasteiger charge is 2.21. The maximum atomic E-state index is 4.96. The Morgan fingerprint density at radius 1 is 1.14 bits per heavy atom. The van der Waals surface area contributed by atoms with Crippen LogP contribution in [-0.4, -0.2) is 12.2 Å². The van der Waals surface area contributed by atoms with Crippen LogP contribution in [0, 0.1) is 0 Å². The van der Waals surface area contributed by atoms with E-state index in [9.17, 15) is 0 Å². The Morgan fingerprint density at radius 3 is 1.71 bits per heavy atom. The summed E-state index contributed by atoms with van der Waals surface area (Å²) in [5.74, 6) is 0. The van der Waals surface area contributed by atoms with Gasteiger partial charge in [-0.05, 0) is 13.8 Å². The average molecular weight is 120 g/mol. The van der Waals surface area contributed by atoms with Crippen LogP contribution in [0.2, 0.25) is 0 Å². The van der Waals surface area contributed by atoms with Crippen LogP contribution in [0.5, 0.6) is 0 Å². The molecule has 0 N–H and O–H groups in total. The standard InChI is InChI=1S/C4H8O2S/c1-3-4(2)6-7-5-3/h3-4H,1-2H3/t3-,4-/m1/s1. The molecular weight excluding hydrogens is 112 g/mol. The van der Waals surface area contributed by atoms with Crippen LogP contribution < -0.4 is 0 Å². The maximum absolute atomic E-state index is 4.96. The molecule has 0 aliphatic carbocycles. The van der Waals surface area contributed by atoms with E-state index in [2.05, 4.69) is 0 Å². The van der Waals surface area contributed by atoms with Gasteiger partial charge in [0, 0.05) is 0 Å². The van der Waals surface area contributed by atoms with Gasteiger partial charge in [-0.2, -0.15) is 0 Å². The van der Waals surface area contributed by atoms with E-state index < -0.39 is 0 Å². The minimum Gasteiger partial charge on any atom is -0.286 e. The molecule has 1 heterocycles. The Kier molecular flexibility index (Phi) is 1.57. The van der Waals surface area contributed by atoms with Crippen LogP contribution >= 0.6 is 12.3 Å². The van der Waals surface area contributed by atoms with Gasteiger partial charge in [0.25, 0.3) is 0 Å². The van der Waals surface area contributed by atoms with Crippen LogP contribution in [-0.2, 0) is 8.37 Å². The normalized spacial score (nSPS) is 42.0. The lowest BCUT2D eigenvalue weighted by atomic mass is 10.3. The first kappa shape index (κ1) is 5.41. The molecule has 1 fully saturated rings. The third-order valence-corrected chi connectivity index (χ3v) is 1.81. The zero-order valence-corrected chi connectivity index (χ0v) is 5.20. The van der Waals surface area contributed by atoms with E-state index in [-0.39, 0.29) is 12.2 Å². The molecule has 0 bridgehead atoms. The summed E-state index contributed by atoms with van der Waals surface area (Å²) in [5, 5.41) is 0. The smallest absolute Gasteiger partial charge is 0.159 e. The van der Waals surface area contributed by atoms with E-state index in [1.54, 1.807) is 0 Å². The first-order chi connectivity index (χ1) is 3.30. The van der Waals surface area contributed by atoms with Crippen molar-refractivity contribution >= 4 is 12.3 Å². The lowest BCUT2D eigenvalue weighted by Crippen LogP contribution is -2.13. The largest absolute Gasteiger partial charge is 0.286 e. The lowest BCUT2D eigenvalue weighted by molar-refractivity contribution is 0.187. The van der Waals surface area contributed by atoms with Gasteiger partial charge in [0.2, 0.25) is 0 Å². The van der Waals surface area contributed by atoms with Crippen LogP contribution in [0.15, 0.2) is 0 Å². The molecule has 0 aromatic heterocycles. The molecule has 0 saturated carbocycles. The SMILES string of the molecule is C[C@H]1OSO[C@@H]1C. The van der Waals surface area contributed by atoms with E-state index in [0.717, 1.165) is 12.3 Å². The van der Waals surface area contributed by atoms with Gasteiger partial charge in [-0.1, -0.05) is 0 Å². The summed E-state index contributed by atoms with van der Waals surface area (Å²) in [6.07, 6.45) is 0.509. The van der Waals surface area contributed by atoms with Crippen molar-refractivity contribution in [1.82, 2.24) is 0 Å². The van der Waals surface area contributed by atoms with Crippen LogP contribution in [0.25, 0.3) is 0 Å². The highest BCUT2D eigenvalue weighted by Crippen LogP contribution is 2.24. The zero-order chi connectivity index (χ0) is 5.28. The summed E-state index contributed by atoms with van der Waals surface area (Å²) in [6.45, 7) is 3.98. The van der Waals surface area contributed by atoms with Crippen molar-refractivity contribution in [1.29, 1.82) is 0 Å². The van der Waals surface area contributed by atoms with Crippen molar-refractivity contribution in [3.05, 3.63) is 0 Å². The number of hydrogen-bond acceptors (Lipinski definition) is 3. The zero-order valence-electron chi connectivity index (χ0n) is 4.38. The minimum atomic E-state index is 0.255.